The molecular weight excluding hydrogens is 286 g/mol. The molecule has 3 nitrogen and oxygen atoms in total. The number of nitrogens with one attached hydrogen (secondary N) is 1. The molecular formula is C17H16ClNO2. The van der Waals surface area contributed by atoms with Gasteiger partial charge in [0.15, 0.2) is 0 Å². The van der Waals surface area contributed by atoms with E-state index >= 15 is 0 Å². The van der Waals surface area contributed by atoms with Crippen LogP contribution in [-0.4, -0.2) is 13.0 Å². The van der Waals surface area contributed by atoms with Crippen molar-refractivity contribution < 1.29 is 9.53 Å². The predicted molar refractivity (Wildman–Crippen MR) is 85.3 cm³/mol. The number of ether oxygens (including phenoxy) is 1. The number of halogens is 1. The van der Waals surface area contributed by atoms with Crippen molar-refractivity contribution in [3.63, 3.8) is 0 Å². The quantitative estimate of drug-likeness (QED) is 0.856. The van der Waals surface area contributed by atoms with Crippen LogP contribution in [0.4, 0.5) is 0 Å². The number of carbonyl (C=O) groups is 1. The van der Waals surface area contributed by atoms with Gasteiger partial charge in [-0.05, 0) is 41.5 Å². The maximum absolute atomic E-state index is 11.8. The number of rotatable bonds is 5. The Morgan fingerprint density at radius 1 is 1.24 bits per heavy atom. The summed E-state index contributed by atoms with van der Waals surface area (Å²) in [6.45, 7) is 0.471. The Labute approximate surface area is 129 Å². The summed E-state index contributed by atoms with van der Waals surface area (Å²) >= 11 is 5.81. The van der Waals surface area contributed by atoms with Gasteiger partial charge in [-0.2, -0.15) is 0 Å². The number of amides is 1. The molecule has 0 aliphatic rings. The van der Waals surface area contributed by atoms with Crippen LogP contribution in [0.25, 0.3) is 6.08 Å². The van der Waals surface area contributed by atoms with E-state index < -0.39 is 0 Å². The Balaban J connectivity index is 1.88. The Bertz CT molecular complexity index is 635. The van der Waals surface area contributed by atoms with Gasteiger partial charge < -0.3 is 10.1 Å². The first-order chi connectivity index (χ1) is 10.2. The molecule has 0 saturated heterocycles. The molecule has 21 heavy (non-hydrogen) atoms. The SMILES string of the molecule is COc1cccc(/C=C/C(=O)NCc2ccc(Cl)cc2)c1. The highest BCUT2D eigenvalue weighted by Crippen LogP contribution is 2.13. The third kappa shape index (κ3) is 4.97. The molecule has 0 unspecified atom stereocenters. The van der Waals surface area contributed by atoms with Crippen LogP contribution in [0.1, 0.15) is 11.1 Å². The van der Waals surface area contributed by atoms with Gasteiger partial charge in [-0.15, -0.1) is 0 Å². The van der Waals surface area contributed by atoms with Gasteiger partial charge in [0.2, 0.25) is 5.91 Å². The van der Waals surface area contributed by atoms with Crippen LogP contribution < -0.4 is 10.1 Å². The van der Waals surface area contributed by atoms with Crippen LogP contribution in [-0.2, 0) is 11.3 Å². The maximum Gasteiger partial charge on any atom is 0.244 e. The molecule has 1 amide bonds. The number of carbonyl (C=O) groups excluding carboxylic acids is 1. The van der Waals surface area contributed by atoms with Crippen molar-refractivity contribution in [1.29, 1.82) is 0 Å². The summed E-state index contributed by atoms with van der Waals surface area (Å²) in [6, 6.07) is 14.9. The van der Waals surface area contributed by atoms with Crippen molar-refractivity contribution >= 4 is 23.6 Å². The Kier molecular flexibility index (Phi) is 5.41. The topological polar surface area (TPSA) is 38.3 Å². The summed E-state index contributed by atoms with van der Waals surface area (Å²) in [4.78, 5) is 11.8. The van der Waals surface area contributed by atoms with Crippen LogP contribution in [0.15, 0.2) is 54.6 Å². The predicted octanol–water partition coefficient (Wildman–Crippen LogP) is 3.68. The molecule has 0 radical (unpaired) electrons. The highest BCUT2D eigenvalue weighted by molar-refractivity contribution is 6.30. The largest absolute Gasteiger partial charge is 0.497 e. The summed E-state index contributed by atoms with van der Waals surface area (Å²) in [6.07, 6.45) is 3.25. The zero-order chi connectivity index (χ0) is 15.1. The second-order valence-corrected chi connectivity index (χ2v) is 4.89. The van der Waals surface area contributed by atoms with E-state index in [4.69, 9.17) is 16.3 Å². The first-order valence-electron chi connectivity index (χ1n) is 6.52. The van der Waals surface area contributed by atoms with E-state index in [0.717, 1.165) is 16.9 Å². The van der Waals surface area contributed by atoms with Gasteiger partial charge in [0, 0.05) is 17.6 Å². The summed E-state index contributed by atoms with van der Waals surface area (Å²) in [5.41, 5.74) is 1.92. The molecule has 4 heteroatoms. The zero-order valence-corrected chi connectivity index (χ0v) is 12.4. The third-order valence-electron chi connectivity index (χ3n) is 2.90. The molecule has 0 bridgehead atoms. The van der Waals surface area contributed by atoms with E-state index in [1.54, 1.807) is 25.3 Å². The minimum absolute atomic E-state index is 0.146. The molecule has 0 aromatic heterocycles. The van der Waals surface area contributed by atoms with Crippen LogP contribution in [0, 0.1) is 0 Å². The molecule has 0 aliphatic heterocycles. The van der Waals surface area contributed by atoms with Crippen molar-refractivity contribution in [2.75, 3.05) is 7.11 Å². The summed E-state index contributed by atoms with van der Waals surface area (Å²) in [5.74, 6) is 0.617. The first-order valence-corrected chi connectivity index (χ1v) is 6.89. The second-order valence-electron chi connectivity index (χ2n) is 4.45. The Hall–Kier alpha value is -2.26. The lowest BCUT2D eigenvalue weighted by molar-refractivity contribution is -0.116. The molecule has 0 heterocycles. The highest BCUT2D eigenvalue weighted by atomic mass is 35.5. The lowest BCUT2D eigenvalue weighted by Gasteiger charge is -2.03. The molecule has 1 N–H and O–H groups in total. The van der Waals surface area contributed by atoms with Crippen molar-refractivity contribution in [2.45, 2.75) is 6.54 Å². The number of benzene rings is 2. The molecule has 0 spiro atoms. The minimum Gasteiger partial charge on any atom is -0.497 e. The Morgan fingerprint density at radius 2 is 2.00 bits per heavy atom. The van der Waals surface area contributed by atoms with Crippen LogP contribution >= 0.6 is 11.6 Å². The van der Waals surface area contributed by atoms with Gasteiger partial charge in [0.25, 0.3) is 0 Å². The average Bonchev–Trinajstić information content (AvgIpc) is 2.52. The van der Waals surface area contributed by atoms with Gasteiger partial charge in [-0.1, -0.05) is 35.9 Å². The monoisotopic (exact) mass is 301 g/mol. The molecule has 2 aromatic rings. The van der Waals surface area contributed by atoms with Gasteiger partial charge in [-0.25, -0.2) is 0 Å². The van der Waals surface area contributed by atoms with Crippen LogP contribution in [0.3, 0.4) is 0 Å². The maximum atomic E-state index is 11.8. The molecule has 0 saturated carbocycles. The number of hydrogen-bond acceptors (Lipinski definition) is 2. The molecule has 2 rings (SSSR count). The summed E-state index contributed by atoms with van der Waals surface area (Å²) in [7, 11) is 1.61. The fourth-order valence-electron chi connectivity index (χ4n) is 1.77. The minimum atomic E-state index is -0.146. The number of hydrogen-bond donors (Lipinski definition) is 1. The average molecular weight is 302 g/mol. The van der Waals surface area contributed by atoms with Gasteiger partial charge in [0.1, 0.15) is 5.75 Å². The highest BCUT2D eigenvalue weighted by Gasteiger charge is 1.98. The lowest BCUT2D eigenvalue weighted by Crippen LogP contribution is -2.20. The standard InChI is InChI=1S/C17H16ClNO2/c1-21-16-4-2-3-13(11-16)7-10-17(20)19-12-14-5-8-15(18)9-6-14/h2-11H,12H2,1H3,(H,19,20)/b10-7+. The third-order valence-corrected chi connectivity index (χ3v) is 3.15. The van der Waals surface area contributed by atoms with Crippen molar-refractivity contribution in [3.8, 4) is 5.75 Å². The molecule has 0 fully saturated rings. The summed E-state index contributed by atoms with van der Waals surface area (Å²) in [5, 5.41) is 3.50. The smallest absolute Gasteiger partial charge is 0.244 e. The molecule has 0 atom stereocenters. The van der Waals surface area contributed by atoms with E-state index in [0.29, 0.717) is 11.6 Å². The van der Waals surface area contributed by atoms with E-state index in [2.05, 4.69) is 5.32 Å². The normalized spacial score (nSPS) is 10.6. The zero-order valence-electron chi connectivity index (χ0n) is 11.7. The molecule has 0 aliphatic carbocycles. The molecule has 2 aromatic carbocycles. The van der Waals surface area contributed by atoms with Crippen molar-refractivity contribution in [1.82, 2.24) is 5.32 Å². The second kappa shape index (κ2) is 7.50. The fourth-order valence-corrected chi connectivity index (χ4v) is 1.89. The van der Waals surface area contributed by atoms with E-state index in [-0.39, 0.29) is 5.91 Å². The van der Waals surface area contributed by atoms with Crippen LogP contribution in [0.5, 0.6) is 5.75 Å². The number of methoxy groups -OCH3 is 1. The first kappa shape index (κ1) is 15.1. The van der Waals surface area contributed by atoms with Crippen LogP contribution in [0.2, 0.25) is 5.02 Å². The van der Waals surface area contributed by atoms with Gasteiger partial charge >= 0.3 is 0 Å². The fraction of sp³-hybridized carbons (Fsp3) is 0.118. The van der Waals surface area contributed by atoms with Gasteiger partial charge in [0.05, 0.1) is 7.11 Å². The Morgan fingerprint density at radius 3 is 2.71 bits per heavy atom. The van der Waals surface area contributed by atoms with E-state index in [1.165, 1.54) is 6.08 Å². The van der Waals surface area contributed by atoms with Gasteiger partial charge in [-0.3, -0.25) is 4.79 Å². The lowest BCUT2D eigenvalue weighted by atomic mass is 10.2. The van der Waals surface area contributed by atoms with Crippen molar-refractivity contribution in [3.05, 3.63) is 70.8 Å². The summed E-state index contributed by atoms with van der Waals surface area (Å²) < 4.78 is 5.13. The molecule has 108 valence electrons. The van der Waals surface area contributed by atoms with E-state index in [9.17, 15) is 4.79 Å². The van der Waals surface area contributed by atoms with E-state index in [1.807, 2.05) is 36.4 Å². The van der Waals surface area contributed by atoms with Crippen molar-refractivity contribution in [2.24, 2.45) is 0 Å².